The van der Waals surface area contributed by atoms with Gasteiger partial charge in [0.1, 0.15) is 0 Å². The van der Waals surface area contributed by atoms with Crippen LogP contribution in [0.25, 0.3) is 0 Å². The highest BCUT2D eigenvalue weighted by Crippen LogP contribution is 2.41. The van der Waals surface area contributed by atoms with Gasteiger partial charge in [0, 0.05) is 0 Å². The molecule has 1 rings (SSSR count). The Morgan fingerprint density at radius 3 is 1.90 bits per heavy atom. The molecule has 1 aliphatic carbocycles. The quantitative estimate of drug-likeness (QED) is 0.336. The first-order valence-electron chi connectivity index (χ1n) is 11.1. The molecule has 0 aromatic heterocycles. The number of hydrogen-bond donors (Lipinski definition) is 0. The zero-order valence-electron chi connectivity index (χ0n) is 20.9. The molecule has 0 heterocycles. The Bertz CT molecular complexity index is 762. The standard InChI is InChI=1S/C28H44O/c1-20(18-24(19-22(3)29)27(7,8)9)17-23(26(4,5)6)14-15-25-21(2)13-12-16-28(25,10)11/h14-15,17-19H,12-13,16H2,1-11H3/b15-14+,20-18+,23-17-,24-19-. The molecule has 1 heteroatoms. The molecule has 0 radical (unpaired) electrons. The van der Waals surface area contributed by atoms with Gasteiger partial charge in [-0.3, -0.25) is 4.79 Å². The lowest BCUT2D eigenvalue weighted by Crippen LogP contribution is -2.19. The first-order chi connectivity index (χ1) is 13.0. The van der Waals surface area contributed by atoms with Gasteiger partial charge in [0.2, 0.25) is 0 Å². The van der Waals surface area contributed by atoms with Crippen LogP contribution in [0.1, 0.15) is 95.4 Å². The van der Waals surface area contributed by atoms with Crippen LogP contribution in [0.3, 0.4) is 0 Å². The van der Waals surface area contributed by atoms with E-state index >= 15 is 0 Å². The Hall–Kier alpha value is -1.63. The molecule has 0 atom stereocenters. The zero-order valence-corrected chi connectivity index (χ0v) is 20.9. The lowest BCUT2D eigenvalue weighted by molar-refractivity contribution is -0.112. The molecule has 0 aromatic rings. The molecule has 0 saturated heterocycles. The van der Waals surface area contributed by atoms with Gasteiger partial charge in [0.15, 0.2) is 5.78 Å². The fourth-order valence-corrected chi connectivity index (χ4v) is 3.92. The summed E-state index contributed by atoms with van der Waals surface area (Å²) in [5, 5.41) is 0. The van der Waals surface area contributed by atoms with E-state index in [-0.39, 0.29) is 22.0 Å². The van der Waals surface area contributed by atoms with Crippen LogP contribution in [-0.4, -0.2) is 5.78 Å². The smallest absolute Gasteiger partial charge is 0.152 e. The molecule has 0 saturated carbocycles. The lowest BCUT2D eigenvalue weighted by Gasteiger charge is -2.33. The number of carbonyl (C=O) groups is 1. The Kier molecular flexibility index (Phi) is 8.28. The van der Waals surface area contributed by atoms with Crippen LogP contribution in [0, 0.1) is 16.2 Å². The highest BCUT2D eigenvalue weighted by Gasteiger charge is 2.27. The van der Waals surface area contributed by atoms with Gasteiger partial charge in [-0.25, -0.2) is 0 Å². The molecule has 0 bridgehead atoms. The summed E-state index contributed by atoms with van der Waals surface area (Å²) in [6.45, 7) is 24.0. The average Bonchev–Trinajstić information content (AvgIpc) is 2.49. The van der Waals surface area contributed by atoms with Crippen molar-refractivity contribution in [3.05, 3.63) is 58.2 Å². The first-order valence-corrected chi connectivity index (χ1v) is 11.1. The lowest BCUT2D eigenvalue weighted by atomic mass is 9.72. The van der Waals surface area contributed by atoms with Crippen molar-refractivity contribution in [3.63, 3.8) is 0 Å². The summed E-state index contributed by atoms with van der Waals surface area (Å²) in [6, 6.07) is 0. The molecule has 0 aliphatic heterocycles. The predicted octanol–water partition coefficient (Wildman–Crippen LogP) is 8.55. The van der Waals surface area contributed by atoms with E-state index < -0.39 is 0 Å². The Labute approximate surface area is 180 Å². The number of ketones is 1. The number of hydrogen-bond acceptors (Lipinski definition) is 1. The highest BCUT2D eigenvalue weighted by molar-refractivity contribution is 5.88. The maximum atomic E-state index is 11.7. The minimum absolute atomic E-state index is 0.0467. The summed E-state index contributed by atoms with van der Waals surface area (Å²) in [5.41, 5.74) is 6.81. The summed E-state index contributed by atoms with van der Waals surface area (Å²) in [5.74, 6) is 0.0980. The number of rotatable bonds is 5. The largest absolute Gasteiger partial charge is 0.295 e. The molecule has 0 unspecified atom stereocenters. The first kappa shape index (κ1) is 25.4. The number of carbonyl (C=O) groups excluding carboxylic acids is 1. The van der Waals surface area contributed by atoms with E-state index in [1.54, 1.807) is 13.0 Å². The van der Waals surface area contributed by atoms with E-state index in [2.05, 4.69) is 93.5 Å². The van der Waals surface area contributed by atoms with Gasteiger partial charge in [-0.2, -0.15) is 0 Å². The van der Waals surface area contributed by atoms with Gasteiger partial charge >= 0.3 is 0 Å². The molecule has 1 nitrogen and oxygen atoms in total. The number of allylic oxidation sites excluding steroid dienone is 10. The van der Waals surface area contributed by atoms with Crippen molar-refractivity contribution >= 4 is 5.78 Å². The SMILES string of the molecule is CC(=O)/C=C(/C=C(C)/C=C(/C=C/C1=C(C)CCCC1(C)C)C(C)(C)C)C(C)(C)C. The van der Waals surface area contributed by atoms with Crippen molar-refractivity contribution in [2.75, 3.05) is 0 Å². The molecule has 0 aromatic carbocycles. The van der Waals surface area contributed by atoms with Crippen LogP contribution in [0.5, 0.6) is 0 Å². The molecule has 29 heavy (non-hydrogen) atoms. The topological polar surface area (TPSA) is 17.1 Å². The van der Waals surface area contributed by atoms with Crippen molar-refractivity contribution in [2.45, 2.75) is 95.4 Å². The summed E-state index contributed by atoms with van der Waals surface area (Å²) in [7, 11) is 0. The van der Waals surface area contributed by atoms with Crippen LogP contribution >= 0.6 is 0 Å². The summed E-state index contributed by atoms with van der Waals surface area (Å²) in [4.78, 5) is 11.7. The Morgan fingerprint density at radius 1 is 0.897 bits per heavy atom. The van der Waals surface area contributed by atoms with E-state index in [1.165, 1.54) is 41.6 Å². The van der Waals surface area contributed by atoms with Crippen LogP contribution in [0.2, 0.25) is 0 Å². The van der Waals surface area contributed by atoms with Gasteiger partial charge in [-0.05, 0) is 79.1 Å². The van der Waals surface area contributed by atoms with Crippen LogP contribution < -0.4 is 0 Å². The van der Waals surface area contributed by atoms with Crippen molar-refractivity contribution in [3.8, 4) is 0 Å². The second-order valence-electron chi connectivity index (χ2n) is 11.5. The van der Waals surface area contributed by atoms with Crippen LogP contribution in [-0.2, 0) is 4.79 Å². The summed E-state index contributed by atoms with van der Waals surface area (Å²) in [6.07, 6.45) is 14.6. The minimum atomic E-state index is -0.0629. The van der Waals surface area contributed by atoms with E-state index in [0.717, 1.165) is 5.57 Å². The third-order valence-electron chi connectivity index (χ3n) is 5.83. The minimum Gasteiger partial charge on any atom is -0.295 e. The molecule has 0 amide bonds. The second kappa shape index (κ2) is 9.45. The normalized spacial score (nSPS) is 19.9. The maximum Gasteiger partial charge on any atom is 0.152 e. The average molecular weight is 397 g/mol. The van der Waals surface area contributed by atoms with Gasteiger partial charge < -0.3 is 0 Å². The van der Waals surface area contributed by atoms with Gasteiger partial charge in [-0.15, -0.1) is 0 Å². The van der Waals surface area contributed by atoms with Gasteiger partial charge in [-0.1, -0.05) is 90.8 Å². The van der Waals surface area contributed by atoms with E-state index in [0.29, 0.717) is 0 Å². The fourth-order valence-electron chi connectivity index (χ4n) is 3.92. The van der Waals surface area contributed by atoms with Crippen molar-refractivity contribution < 1.29 is 4.79 Å². The van der Waals surface area contributed by atoms with Crippen LogP contribution in [0.15, 0.2) is 58.2 Å². The molecule has 0 spiro atoms. The predicted molar refractivity (Wildman–Crippen MR) is 129 cm³/mol. The molecule has 1 aliphatic rings. The van der Waals surface area contributed by atoms with Crippen LogP contribution in [0.4, 0.5) is 0 Å². The molecule has 0 N–H and O–H groups in total. The summed E-state index contributed by atoms with van der Waals surface area (Å²) < 4.78 is 0. The van der Waals surface area contributed by atoms with Gasteiger partial charge in [0.25, 0.3) is 0 Å². The Morgan fingerprint density at radius 2 is 1.45 bits per heavy atom. The third-order valence-corrected chi connectivity index (χ3v) is 5.83. The van der Waals surface area contributed by atoms with Gasteiger partial charge in [0.05, 0.1) is 0 Å². The zero-order chi connectivity index (χ0) is 22.6. The molecule has 162 valence electrons. The van der Waals surface area contributed by atoms with Crippen molar-refractivity contribution in [1.82, 2.24) is 0 Å². The van der Waals surface area contributed by atoms with E-state index in [1.807, 2.05) is 0 Å². The maximum absolute atomic E-state index is 11.7. The highest BCUT2D eigenvalue weighted by atomic mass is 16.1. The van der Waals surface area contributed by atoms with Crippen molar-refractivity contribution in [2.24, 2.45) is 16.2 Å². The van der Waals surface area contributed by atoms with E-state index in [9.17, 15) is 4.79 Å². The monoisotopic (exact) mass is 396 g/mol. The van der Waals surface area contributed by atoms with E-state index in [4.69, 9.17) is 0 Å². The third kappa shape index (κ3) is 7.96. The molecular formula is C28H44O. The second-order valence-corrected chi connectivity index (χ2v) is 11.5. The van der Waals surface area contributed by atoms with Crippen molar-refractivity contribution in [1.29, 1.82) is 0 Å². The Balaban J connectivity index is 3.38. The molecule has 0 fully saturated rings. The molecular weight excluding hydrogens is 352 g/mol. The summed E-state index contributed by atoms with van der Waals surface area (Å²) >= 11 is 0. The fraction of sp³-hybridized carbons (Fsp3) is 0.607.